The molecule has 0 unspecified atom stereocenters. The van der Waals surface area contributed by atoms with Crippen LogP contribution in [0.3, 0.4) is 0 Å². The van der Waals surface area contributed by atoms with Gasteiger partial charge in [0.1, 0.15) is 0 Å². The Hall–Kier alpha value is -5.42. The summed E-state index contributed by atoms with van der Waals surface area (Å²) in [5.74, 6) is 1.43. The lowest BCUT2D eigenvalue weighted by molar-refractivity contribution is 0.805. The third-order valence-corrected chi connectivity index (χ3v) is 14.8. The van der Waals surface area contributed by atoms with Crippen LogP contribution in [0.25, 0.3) is 42.7 Å². The molecule has 0 saturated heterocycles. The van der Waals surface area contributed by atoms with E-state index in [1.54, 1.807) is 11.1 Å². The van der Waals surface area contributed by atoms with Crippen molar-refractivity contribution in [3.05, 3.63) is 190 Å². The smallest absolute Gasteiger partial charge is 0.241 e. The van der Waals surface area contributed by atoms with Gasteiger partial charge in [-0.05, 0) is 155 Å². The second-order valence-corrected chi connectivity index (χ2v) is 19.6. The Balaban J connectivity index is 1.13. The van der Waals surface area contributed by atoms with Crippen LogP contribution in [0.2, 0.25) is 0 Å². The monoisotopic (exact) mass is 817 g/mol. The van der Waals surface area contributed by atoms with Gasteiger partial charge in [-0.25, -0.2) is 0 Å². The number of allylic oxidation sites excluding steroid dienone is 8. The van der Waals surface area contributed by atoms with E-state index in [0.29, 0.717) is 11.8 Å². The number of hydrogen-bond donors (Lipinski definition) is 0. The van der Waals surface area contributed by atoms with E-state index in [1.165, 1.54) is 112 Å². The zero-order valence-corrected chi connectivity index (χ0v) is 36.9. The van der Waals surface area contributed by atoms with Crippen LogP contribution in [0, 0.1) is 0 Å². The molecule has 0 radical (unpaired) electrons. The number of fused-ring (bicyclic) bond motifs is 2. The lowest BCUT2D eigenvalue weighted by Gasteiger charge is -2.24. The van der Waals surface area contributed by atoms with E-state index in [1.807, 2.05) is 23.1 Å². The molecule has 2 heterocycles. The average molecular weight is 818 g/mol. The van der Waals surface area contributed by atoms with Gasteiger partial charge >= 0.3 is 0 Å². The zero-order valence-electron chi connectivity index (χ0n) is 35.2. The molecule has 10 rings (SSSR count). The van der Waals surface area contributed by atoms with Crippen LogP contribution in [0.4, 0.5) is 11.4 Å². The fourth-order valence-electron chi connectivity index (χ4n) is 8.86. The van der Waals surface area contributed by atoms with Gasteiger partial charge < -0.3 is 9.80 Å². The predicted molar refractivity (Wildman–Crippen MR) is 263 cm³/mol. The van der Waals surface area contributed by atoms with Gasteiger partial charge in [-0.15, -0.1) is 0 Å². The Morgan fingerprint density at radius 3 is 1.97 bits per heavy atom. The topological polar surface area (TPSA) is 6.48 Å². The van der Waals surface area contributed by atoms with Crippen LogP contribution in [-0.2, 0) is 0 Å². The maximum Gasteiger partial charge on any atom is 0.241 e. The molecule has 6 aromatic rings. The highest BCUT2D eigenvalue weighted by Crippen LogP contribution is 2.49. The molecule has 0 N–H and O–H groups in total. The first-order valence-corrected chi connectivity index (χ1v) is 23.4. The van der Waals surface area contributed by atoms with Crippen molar-refractivity contribution in [3.63, 3.8) is 0 Å². The molecule has 4 heteroatoms. The van der Waals surface area contributed by atoms with Gasteiger partial charge in [0.15, 0.2) is 0 Å². The first-order chi connectivity index (χ1) is 29.3. The number of rotatable bonds is 10. The number of hydrogen-bond acceptors (Lipinski definition) is 3. The van der Waals surface area contributed by atoms with E-state index in [2.05, 4.69) is 190 Å². The minimum atomic E-state index is 0.713. The normalized spacial score (nSPS) is 18.0. The van der Waals surface area contributed by atoms with Crippen molar-refractivity contribution in [2.24, 2.45) is 0 Å². The Bertz CT molecular complexity index is 2730. The van der Waals surface area contributed by atoms with Crippen LogP contribution in [-0.4, -0.2) is 28.2 Å². The summed E-state index contributed by atoms with van der Waals surface area (Å²) < 4.78 is 1.31. The first kappa shape index (κ1) is 38.8. The molecule has 298 valence electrons. The highest BCUT2D eigenvalue weighted by molar-refractivity contribution is 8.08. The summed E-state index contributed by atoms with van der Waals surface area (Å²) >= 11 is 3.77. The quantitative estimate of drug-likeness (QED) is 0.127. The number of thioether (sulfide) groups is 1. The minimum absolute atomic E-state index is 0.713. The van der Waals surface area contributed by atoms with Crippen molar-refractivity contribution in [1.29, 1.82) is 0 Å². The predicted octanol–water partition coefficient (Wildman–Crippen LogP) is 15.5. The summed E-state index contributed by atoms with van der Waals surface area (Å²) in [5, 5.41) is 1.30. The van der Waals surface area contributed by atoms with Crippen molar-refractivity contribution in [1.82, 2.24) is 0 Å². The van der Waals surface area contributed by atoms with Crippen LogP contribution < -0.4 is 9.80 Å². The Morgan fingerprint density at radius 1 is 0.617 bits per heavy atom. The fourth-order valence-corrected chi connectivity index (χ4v) is 11.2. The zero-order chi connectivity index (χ0) is 40.7. The van der Waals surface area contributed by atoms with Gasteiger partial charge in [-0.1, -0.05) is 109 Å². The molecule has 1 aliphatic heterocycles. The summed E-state index contributed by atoms with van der Waals surface area (Å²) in [6, 6.07) is 45.7. The van der Waals surface area contributed by atoms with Gasteiger partial charge in [0.2, 0.25) is 20.9 Å². The summed E-state index contributed by atoms with van der Waals surface area (Å²) in [4.78, 5) is 8.30. The highest BCUT2D eigenvalue weighted by Gasteiger charge is 2.30. The van der Waals surface area contributed by atoms with Crippen molar-refractivity contribution in [2.75, 3.05) is 38.0 Å². The highest BCUT2D eigenvalue weighted by atomic mass is 32.2. The lowest BCUT2D eigenvalue weighted by Crippen LogP contribution is -2.09. The Morgan fingerprint density at radius 2 is 1.28 bits per heavy atom. The van der Waals surface area contributed by atoms with E-state index >= 15 is 0 Å². The van der Waals surface area contributed by atoms with E-state index in [0.717, 1.165) is 19.3 Å². The molecule has 1 aromatic heterocycles. The fraction of sp³-hybridized carbons (Fsp3) is 0.232. The number of benzene rings is 5. The van der Waals surface area contributed by atoms with Gasteiger partial charge in [-0.3, -0.25) is 0 Å². The molecular weight excluding hydrogens is 765 g/mol. The van der Waals surface area contributed by atoms with E-state index < -0.39 is 0 Å². The van der Waals surface area contributed by atoms with Crippen LogP contribution in [0.1, 0.15) is 90.2 Å². The minimum Gasteiger partial charge on any atom is -0.378 e. The molecule has 5 aromatic carbocycles. The van der Waals surface area contributed by atoms with Gasteiger partial charge in [0.25, 0.3) is 0 Å². The Labute approximate surface area is 365 Å². The van der Waals surface area contributed by atoms with Gasteiger partial charge in [-0.2, -0.15) is 0 Å². The molecule has 0 atom stereocenters. The van der Waals surface area contributed by atoms with E-state index in [9.17, 15) is 0 Å². The lowest BCUT2D eigenvalue weighted by atomic mass is 9.81. The molecule has 2 saturated carbocycles. The molecule has 0 amide bonds. The molecular formula is C56H53N2S2+. The summed E-state index contributed by atoms with van der Waals surface area (Å²) in [5.41, 5.74) is 17.7. The second kappa shape index (κ2) is 16.6. The number of anilines is 2. The van der Waals surface area contributed by atoms with E-state index in [-0.39, 0.29) is 0 Å². The molecule has 4 aliphatic rings. The third kappa shape index (κ3) is 8.20. The van der Waals surface area contributed by atoms with Crippen LogP contribution in [0.5, 0.6) is 0 Å². The summed E-state index contributed by atoms with van der Waals surface area (Å²) in [6.07, 6.45) is 20.8. The van der Waals surface area contributed by atoms with Gasteiger partial charge in [0.05, 0.1) is 0 Å². The first-order valence-electron chi connectivity index (χ1n) is 21.7. The molecule has 3 aliphatic carbocycles. The van der Waals surface area contributed by atoms with Crippen LogP contribution >= 0.6 is 23.1 Å². The molecule has 2 nitrogen and oxygen atoms in total. The van der Waals surface area contributed by atoms with Crippen molar-refractivity contribution in [3.8, 4) is 10.4 Å². The summed E-state index contributed by atoms with van der Waals surface area (Å²) in [7, 11) is 8.52. The van der Waals surface area contributed by atoms with Crippen LogP contribution in [0.15, 0.2) is 162 Å². The molecule has 0 spiro atoms. The van der Waals surface area contributed by atoms with Gasteiger partial charge in [0, 0.05) is 72.4 Å². The number of nitrogens with zero attached hydrogens (tertiary/aromatic N) is 2. The second-order valence-electron chi connectivity index (χ2n) is 17.4. The maximum absolute atomic E-state index is 2.57. The van der Waals surface area contributed by atoms with Crippen molar-refractivity contribution in [2.45, 2.75) is 61.7 Å². The molecule has 2 fully saturated rings. The third-order valence-electron chi connectivity index (χ3n) is 12.5. The molecule has 60 heavy (non-hydrogen) atoms. The largest absolute Gasteiger partial charge is 0.378 e. The molecule has 0 bridgehead atoms. The summed E-state index contributed by atoms with van der Waals surface area (Å²) in [6.45, 7) is 0. The van der Waals surface area contributed by atoms with E-state index in [4.69, 9.17) is 0 Å². The SMILES string of the molecule is CN(C)c1ccc2c(c1)SC(c1ccccc1)=C/C2=C\C=C1/CCCC(/C=C/c2cc(-c3ccccc3)[s+]c3cc(N(C)C)ccc23)=C1c1cc(C2CC2)cc(C2CC2)c1. The van der Waals surface area contributed by atoms with Crippen molar-refractivity contribution >= 4 is 66.7 Å². The maximum atomic E-state index is 2.57. The Kier molecular flexibility index (Phi) is 10.7. The standard InChI is InChI=1S/C56H53N2S2/c1-57(2)48-26-28-50-43(33-52(59-54(50)35-48)39-12-7-5-8-13-39)24-22-41-16-11-17-42(56(41)47-31-45(37-18-19-37)30-46(32-47)38-20-21-38)23-25-44-34-53(40-14-9-6-10-15-40)60-55-36-49(58(3)4)27-29-51(44)55/h5-10,12-15,22-38H,11,16-21H2,1-4H3/q+1. The van der Waals surface area contributed by atoms with Crippen molar-refractivity contribution < 1.29 is 0 Å². The average Bonchev–Trinajstić information content (AvgIpc) is 4.22.